The van der Waals surface area contributed by atoms with Crippen molar-refractivity contribution < 1.29 is 14.7 Å². The summed E-state index contributed by atoms with van der Waals surface area (Å²) in [6.45, 7) is 1.80. The minimum absolute atomic E-state index is 0.231. The van der Waals surface area contributed by atoms with E-state index >= 15 is 0 Å². The lowest BCUT2D eigenvalue weighted by Gasteiger charge is -2.20. The molecule has 0 atom stereocenters. The molecule has 19 heavy (non-hydrogen) atoms. The second kappa shape index (κ2) is 3.97. The van der Waals surface area contributed by atoms with Crippen molar-refractivity contribution in [1.29, 1.82) is 0 Å². The fourth-order valence-electron chi connectivity index (χ4n) is 2.09. The van der Waals surface area contributed by atoms with Crippen LogP contribution in [0.5, 0.6) is 0 Å². The highest BCUT2D eigenvalue weighted by Crippen LogP contribution is 2.31. The van der Waals surface area contributed by atoms with E-state index in [-0.39, 0.29) is 11.1 Å². The van der Waals surface area contributed by atoms with Crippen LogP contribution in [0.2, 0.25) is 0 Å². The van der Waals surface area contributed by atoms with Gasteiger partial charge in [-0.3, -0.25) is 9.59 Å². The van der Waals surface area contributed by atoms with Crippen LogP contribution in [0.3, 0.4) is 0 Å². The zero-order chi connectivity index (χ0) is 13.6. The number of aliphatic hydroxyl groups is 1. The number of aromatic nitrogens is 1. The summed E-state index contributed by atoms with van der Waals surface area (Å²) in [7, 11) is 0. The van der Waals surface area contributed by atoms with E-state index in [2.05, 4.69) is 10.3 Å². The van der Waals surface area contributed by atoms with Gasteiger partial charge in [0, 0.05) is 16.5 Å². The highest BCUT2D eigenvalue weighted by atomic mass is 32.1. The lowest BCUT2D eigenvalue weighted by Crippen LogP contribution is -2.49. The van der Waals surface area contributed by atoms with Crippen LogP contribution in [-0.2, 0) is 0 Å². The quantitative estimate of drug-likeness (QED) is 0.642. The molecule has 0 bridgehead atoms. The number of benzene rings is 1. The third kappa shape index (κ3) is 1.68. The molecule has 3 rings (SSSR count). The van der Waals surface area contributed by atoms with Crippen LogP contribution in [0.15, 0.2) is 29.6 Å². The summed E-state index contributed by atoms with van der Waals surface area (Å²) in [5.74, 6) is -0.961. The molecule has 1 aromatic heterocycles. The molecule has 96 valence electrons. The van der Waals surface area contributed by atoms with Crippen LogP contribution in [0, 0.1) is 6.92 Å². The Labute approximate surface area is 112 Å². The van der Waals surface area contributed by atoms with E-state index in [0.717, 1.165) is 5.01 Å². The van der Waals surface area contributed by atoms with Crippen molar-refractivity contribution in [1.82, 2.24) is 4.98 Å². The molecule has 1 aliphatic carbocycles. The third-order valence-corrected chi connectivity index (χ3v) is 3.78. The van der Waals surface area contributed by atoms with Crippen molar-refractivity contribution in [2.45, 2.75) is 12.6 Å². The summed E-state index contributed by atoms with van der Waals surface area (Å²) in [6, 6.07) is 6.37. The lowest BCUT2D eigenvalue weighted by atomic mass is 10.1. The van der Waals surface area contributed by atoms with Gasteiger partial charge in [-0.15, -0.1) is 11.3 Å². The maximum Gasteiger partial charge on any atom is 0.267 e. The largest absolute Gasteiger partial charge is 0.358 e. The normalized spacial score (nSPS) is 16.5. The molecule has 0 radical (unpaired) electrons. The van der Waals surface area contributed by atoms with Crippen LogP contribution < -0.4 is 5.32 Å². The second-order valence-corrected chi connectivity index (χ2v) is 5.35. The SMILES string of the molecule is Cc1nc(NC2(O)C(=O)c3ccccc3C2=O)cs1. The van der Waals surface area contributed by atoms with Gasteiger partial charge < -0.3 is 10.4 Å². The predicted octanol–water partition coefficient (Wildman–Crippen LogP) is 1.63. The van der Waals surface area contributed by atoms with E-state index in [0.29, 0.717) is 5.82 Å². The lowest BCUT2D eigenvalue weighted by molar-refractivity contribution is 0.0426. The number of thiazole rings is 1. The molecule has 2 aromatic rings. The van der Waals surface area contributed by atoms with E-state index in [4.69, 9.17) is 0 Å². The molecule has 0 saturated carbocycles. The Balaban J connectivity index is 2.02. The molecule has 1 heterocycles. The topological polar surface area (TPSA) is 79.3 Å². The number of hydrogen-bond donors (Lipinski definition) is 2. The molecule has 1 aliphatic rings. The van der Waals surface area contributed by atoms with Gasteiger partial charge in [-0.2, -0.15) is 0 Å². The number of nitrogens with zero attached hydrogens (tertiary/aromatic N) is 1. The Hall–Kier alpha value is -2.05. The monoisotopic (exact) mass is 274 g/mol. The maximum absolute atomic E-state index is 12.2. The number of carbonyl (C=O) groups excluding carboxylic acids is 2. The number of fused-ring (bicyclic) bond motifs is 1. The average molecular weight is 274 g/mol. The predicted molar refractivity (Wildman–Crippen MR) is 70.5 cm³/mol. The molecule has 0 fully saturated rings. The fraction of sp³-hybridized carbons (Fsp3) is 0.154. The summed E-state index contributed by atoms with van der Waals surface area (Å²) in [4.78, 5) is 28.5. The number of aryl methyl sites for hydroxylation is 1. The van der Waals surface area contributed by atoms with Gasteiger partial charge in [-0.05, 0) is 6.92 Å². The van der Waals surface area contributed by atoms with E-state index in [9.17, 15) is 14.7 Å². The van der Waals surface area contributed by atoms with Crippen LogP contribution in [0.4, 0.5) is 5.82 Å². The molecule has 0 spiro atoms. The molecular formula is C13H10N2O3S. The molecule has 5 nitrogen and oxygen atoms in total. The molecule has 0 saturated heterocycles. The zero-order valence-electron chi connectivity index (χ0n) is 10.0. The van der Waals surface area contributed by atoms with E-state index in [1.807, 2.05) is 0 Å². The highest BCUT2D eigenvalue weighted by molar-refractivity contribution is 7.09. The van der Waals surface area contributed by atoms with Gasteiger partial charge in [0.25, 0.3) is 5.72 Å². The van der Waals surface area contributed by atoms with Crippen molar-refractivity contribution in [2.24, 2.45) is 0 Å². The van der Waals surface area contributed by atoms with Gasteiger partial charge in [0.2, 0.25) is 11.6 Å². The molecule has 0 unspecified atom stereocenters. The van der Waals surface area contributed by atoms with Gasteiger partial charge in [-0.25, -0.2) is 4.98 Å². The molecule has 0 aliphatic heterocycles. The zero-order valence-corrected chi connectivity index (χ0v) is 10.8. The van der Waals surface area contributed by atoms with Crippen LogP contribution in [-0.4, -0.2) is 27.4 Å². The fourth-order valence-corrected chi connectivity index (χ4v) is 2.64. The first kappa shape index (κ1) is 12.0. The second-order valence-electron chi connectivity index (χ2n) is 4.29. The first-order valence-corrected chi connectivity index (χ1v) is 6.51. The average Bonchev–Trinajstić information content (AvgIpc) is 2.88. The number of ketones is 2. The van der Waals surface area contributed by atoms with Crippen molar-refractivity contribution >= 4 is 28.7 Å². The Morgan fingerprint density at radius 3 is 2.26 bits per heavy atom. The van der Waals surface area contributed by atoms with Gasteiger partial charge >= 0.3 is 0 Å². The number of Topliss-reactive ketones (excluding diaryl/α,β-unsaturated/α-hetero) is 2. The number of nitrogens with one attached hydrogen (secondary N) is 1. The molecule has 6 heteroatoms. The van der Waals surface area contributed by atoms with Crippen molar-refractivity contribution in [3.63, 3.8) is 0 Å². The summed E-state index contributed by atoms with van der Waals surface area (Å²) in [5, 5.41) is 15.3. The summed E-state index contributed by atoms with van der Waals surface area (Å²) in [6.07, 6.45) is 0. The number of rotatable bonds is 2. The van der Waals surface area contributed by atoms with Crippen LogP contribution >= 0.6 is 11.3 Å². The number of hydrogen-bond acceptors (Lipinski definition) is 6. The first-order valence-electron chi connectivity index (χ1n) is 5.63. The summed E-state index contributed by atoms with van der Waals surface area (Å²) in [5.41, 5.74) is -1.78. The summed E-state index contributed by atoms with van der Waals surface area (Å²) >= 11 is 1.37. The van der Waals surface area contributed by atoms with Crippen molar-refractivity contribution in [2.75, 3.05) is 5.32 Å². The van der Waals surface area contributed by atoms with Crippen molar-refractivity contribution in [3.05, 3.63) is 45.8 Å². The van der Waals surface area contributed by atoms with Gasteiger partial charge in [0.05, 0.1) is 5.01 Å². The Morgan fingerprint density at radius 1 is 1.21 bits per heavy atom. The van der Waals surface area contributed by atoms with Crippen LogP contribution in [0.25, 0.3) is 0 Å². The van der Waals surface area contributed by atoms with Gasteiger partial charge in [-0.1, -0.05) is 24.3 Å². The smallest absolute Gasteiger partial charge is 0.267 e. The highest BCUT2D eigenvalue weighted by Gasteiger charge is 2.52. The van der Waals surface area contributed by atoms with Gasteiger partial charge in [0.1, 0.15) is 5.82 Å². The maximum atomic E-state index is 12.2. The molecule has 2 N–H and O–H groups in total. The summed E-state index contributed by atoms with van der Waals surface area (Å²) < 4.78 is 0. The number of anilines is 1. The van der Waals surface area contributed by atoms with Crippen molar-refractivity contribution in [3.8, 4) is 0 Å². The molecule has 0 amide bonds. The van der Waals surface area contributed by atoms with E-state index in [1.54, 1.807) is 24.4 Å². The first-order chi connectivity index (χ1) is 9.02. The standard InChI is InChI=1S/C13H10N2O3S/c1-7-14-10(6-19-7)15-13(18)11(16)8-4-2-3-5-9(8)12(13)17/h2-6,15,18H,1H3. The minimum atomic E-state index is -2.25. The number of carbonyl (C=O) groups is 2. The third-order valence-electron chi connectivity index (χ3n) is 3.00. The Kier molecular flexibility index (Phi) is 2.51. The molecular weight excluding hydrogens is 264 g/mol. The Morgan fingerprint density at radius 2 is 1.79 bits per heavy atom. The van der Waals surface area contributed by atoms with E-state index in [1.165, 1.54) is 23.5 Å². The minimum Gasteiger partial charge on any atom is -0.358 e. The van der Waals surface area contributed by atoms with Gasteiger partial charge in [0.15, 0.2) is 0 Å². The Bertz CT molecular complexity index is 658. The molecule has 1 aromatic carbocycles. The van der Waals surface area contributed by atoms with E-state index < -0.39 is 17.3 Å². The van der Waals surface area contributed by atoms with Crippen LogP contribution in [0.1, 0.15) is 25.7 Å².